The van der Waals surface area contributed by atoms with Gasteiger partial charge in [-0.3, -0.25) is 14.7 Å². The summed E-state index contributed by atoms with van der Waals surface area (Å²) in [6.07, 6.45) is 0. The van der Waals surface area contributed by atoms with Crippen molar-refractivity contribution in [2.45, 2.75) is 0 Å². The Bertz CT molecular complexity index is 386. The van der Waals surface area contributed by atoms with Crippen LogP contribution in [0.15, 0.2) is 0 Å². The first kappa shape index (κ1) is 32.6. The molecule has 0 bridgehead atoms. The fraction of sp³-hybridized carbons (Fsp3) is 1.00. The van der Waals surface area contributed by atoms with Crippen LogP contribution in [0, 0.1) is 0 Å². The number of nitrogens with two attached hydrogens (primary N) is 1. The van der Waals surface area contributed by atoms with E-state index in [0.717, 1.165) is 111 Å². The lowest BCUT2D eigenvalue weighted by atomic mass is 10.3. The van der Waals surface area contributed by atoms with Gasteiger partial charge in [0, 0.05) is 118 Å². The first-order chi connectivity index (χ1) is 16.1. The molecule has 0 atom stereocenters. The molecule has 0 heterocycles. The molecule has 0 aliphatic rings. The molecular weight excluding hydrogens is 416 g/mol. The zero-order chi connectivity index (χ0) is 24.6. The van der Waals surface area contributed by atoms with Crippen molar-refractivity contribution in [3.8, 4) is 0 Å². The Kier molecular flexibility index (Phi) is 24.4. The first-order valence-electron chi connectivity index (χ1n) is 12.9. The summed E-state index contributed by atoms with van der Waals surface area (Å²) in [6.45, 7) is 18.6. The number of likely N-dealkylation sites (N-methyl/N-ethyl adjacent to an activating group) is 4. The van der Waals surface area contributed by atoms with E-state index in [2.05, 4.69) is 60.3 Å². The summed E-state index contributed by atoms with van der Waals surface area (Å²) < 4.78 is 0. The third kappa shape index (κ3) is 21.8. The van der Waals surface area contributed by atoms with Gasteiger partial charge in [-0.1, -0.05) is 0 Å². The molecule has 33 heavy (non-hydrogen) atoms. The molecule has 0 aliphatic heterocycles. The molecule has 10 nitrogen and oxygen atoms in total. The predicted octanol–water partition coefficient (Wildman–Crippen LogP) is -2.75. The molecule has 0 aliphatic carbocycles. The second-order valence-electron chi connectivity index (χ2n) is 8.93. The van der Waals surface area contributed by atoms with Gasteiger partial charge in [-0.2, -0.15) is 0 Å². The lowest BCUT2D eigenvalue weighted by Crippen LogP contribution is -2.45. The minimum atomic E-state index is 0.717. The fourth-order valence-electron chi connectivity index (χ4n) is 3.53. The minimum absolute atomic E-state index is 0.717. The monoisotopic (exact) mass is 474 g/mol. The van der Waals surface area contributed by atoms with Crippen molar-refractivity contribution < 1.29 is 0 Å². The van der Waals surface area contributed by atoms with Crippen LogP contribution in [0.25, 0.3) is 0 Å². The average molecular weight is 475 g/mol. The molecular formula is C23H58N10. The van der Waals surface area contributed by atoms with Gasteiger partial charge < -0.3 is 37.2 Å². The highest BCUT2D eigenvalue weighted by molar-refractivity contribution is 4.68. The highest BCUT2D eigenvalue weighted by Crippen LogP contribution is 1.93. The van der Waals surface area contributed by atoms with Gasteiger partial charge in [0.25, 0.3) is 0 Å². The van der Waals surface area contributed by atoms with Gasteiger partial charge in [0.15, 0.2) is 0 Å². The van der Waals surface area contributed by atoms with E-state index >= 15 is 0 Å². The van der Waals surface area contributed by atoms with Crippen LogP contribution in [0.5, 0.6) is 0 Å². The molecule has 0 amide bonds. The largest absolute Gasteiger partial charge is 0.329 e. The van der Waals surface area contributed by atoms with Gasteiger partial charge in [0.05, 0.1) is 0 Å². The Morgan fingerprint density at radius 3 is 1.27 bits per heavy atom. The van der Waals surface area contributed by atoms with Gasteiger partial charge in [0.2, 0.25) is 0 Å². The van der Waals surface area contributed by atoms with Crippen molar-refractivity contribution in [2.24, 2.45) is 5.73 Å². The molecule has 0 aromatic heterocycles. The highest BCUT2D eigenvalue weighted by Gasteiger charge is 2.09. The van der Waals surface area contributed by atoms with E-state index in [1.165, 1.54) is 0 Å². The molecule has 0 unspecified atom stereocenters. The van der Waals surface area contributed by atoms with Crippen molar-refractivity contribution in [2.75, 3.05) is 153 Å². The Hall–Kier alpha value is -0.400. The number of hydrogen-bond acceptors (Lipinski definition) is 10. The summed E-state index contributed by atoms with van der Waals surface area (Å²) in [5.74, 6) is 0. The molecule has 0 saturated heterocycles. The number of rotatable bonds is 26. The van der Waals surface area contributed by atoms with E-state index < -0.39 is 0 Å². The van der Waals surface area contributed by atoms with Crippen molar-refractivity contribution in [3.63, 3.8) is 0 Å². The number of hydrogen-bond donors (Lipinski definition) is 6. The van der Waals surface area contributed by atoms with Crippen LogP contribution >= 0.6 is 0 Å². The molecule has 0 aromatic carbocycles. The normalized spacial score (nSPS) is 12.2. The molecule has 0 spiro atoms. The van der Waals surface area contributed by atoms with Crippen molar-refractivity contribution in [3.05, 3.63) is 0 Å². The Morgan fingerprint density at radius 1 is 0.455 bits per heavy atom. The summed E-state index contributed by atoms with van der Waals surface area (Å²) in [6, 6.07) is 0. The first-order valence-corrected chi connectivity index (χ1v) is 12.9. The van der Waals surface area contributed by atoms with Crippen molar-refractivity contribution >= 4 is 0 Å². The summed E-state index contributed by atoms with van der Waals surface area (Å²) in [7, 11) is 10.3. The predicted molar refractivity (Wildman–Crippen MR) is 144 cm³/mol. The molecule has 0 aromatic rings. The second-order valence-corrected chi connectivity index (χ2v) is 8.93. The van der Waals surface area contributed by atoms with Crippen LogP contribution in [0.1, 0.15) is 0 Å². The van der Waals surface area contributed by atoms with E-state index in [0.29, 0.717) is 6.54 Å². The van der Waals surface area contributed by atoms with Crippen LogP contribution < -0.4 is 32.3 Å². The average Bonchev–Trinajstić information content (AvgIpc) is 2.80. The Balaban J connectivity index is 4.40. The zero-order valence-electron chi connectivity index (χ0n) is 22.6. The summed E-state index contributed by atoms with van der Waals surface area (Å²) in [5.41, 5.74) is 5.83. The highest BCUT2D eigenvalue weighted by atomic mass is 15.2. The molecule has 0 saturated carbocycles. The van der Waals surface area contributed by atoms with Crippen LogP contribution in [0.3, 0.4) is 0 Å². The Labute approximate surface area is 205 Å². The van der Waals surface area contributed by atoms with Gasteiger partial charge in [-0.05, 0) is 35.2 Å². The van der Waals surface area contributed by atoms with Crippen LogP contribution in [0.4, 0.5) is 0 Å². The van der Waals surface area contributed by atoms with Crippen LogP contribution in [-0.2, 0) is 0 Å². The van der Waals surface area contributed by atoms with E-state index in [9.17, 15) is 0 Å². The molecule has 7 N–H and O–H groups in total. The molecule has 0 rings (SSSR count). The number of nitrogens with zero attached hydrogens (tertiary/aromatic N) is 4. The summed E-state index contributed by atoms with van der Waals surface area (Å²) in [4.78, 5) is 9.84. The smallest absolute Gasteiger partial charge is 0.0110 e. The SMILES string of the molecule is CNCCNCCN(CCNCCN(CCNC)CCN(C)C)CCN(CCN)CCNC. The molecule has 0 radical (unpaired) electrons. The number of nitrogens with one attached hydrogen (secondary N) is 5. The van der Waals surface area contributed by atoms with Crippen molar-refractivity contribution in [1.82, 2.24) is 46.2 Å². The summed E-state index contributed by atoms with van der Waals surface area (Å²) >= 11 is 0. The third-order valence-electron chi connectivity index (χ3n) is 5.76. The lowest BCUT2D eigenvalue weighted by Gasteiger charge is -2.28. The van der Waals surface area contributed by atoms with E-state index in [4.69, 9.17) is 5.73 Å². The Morgan fingerprint density at radius 2 is 0.848 bits per heavy atom. The van der Waals surface area contributed by atoms with Gasteiger partial charge in [-0.25, -0.2) is 0 Å². The van der Waals surface area contributed by atoms with Gasteiger partial charge in [0.1, 0.15) is 0 Å². The standard InChI is InChI=1S/C23H58N10/c1-25-7-8-28-11-17-33(23-22-31(14-6-24)15-9-26-2)19-13-29-12-18-32(16-10-27-3)21-20-30(4)5/h25-29H,6-24H2,1-5H3. The fourth-order valence-corrected chi connectivity index (χ4v) is 3.53. The van der Waals surface area contributed by atoms with E-state index in [-0.39, 0.29) is 0 Å². The maximum Gasteiger partial charge on any atom is 0.0110 e. The van der Waals surface area contributed by atoms with Crippen LogP contribution in [0.2, 0.25) is 0 Å². The van der Waals surface area contributed by atoms with Crippen LogP contribution in [-0.4, -0.2) is 173 Å². The van der Waals surface area contributed by atoms with E-state index in [1.54, 1.807) is 0 Å². The molecule has 200 valence electrons. The van der Waals surface area contributed by atoms with Crippen molar-refractivity contribution in [1.29, 1.82) is 0 Å². The van der Waals surface area contributed by atoms with E-state index in [1.807, 2.05) is 21.1 Å². The second kappa shape index (κ2) is 24.7. The van der Waals surface area contributed by atoms with Gasteiger partial charge in [-0.15, -0.1) is 0 Å². The van der Waals surface area contributed by atoms with Gasteiger partial charge >= 0.3 is 0 Å². The minimum Gasteiger partial charge on any atom is -0.329 e. The molecule has 10 heteroatoms. The maximum absolute atomic E-state index is 5.83. The lowest BCUT2D eigenvalue weighted by molar-refractivity contribution is 0.205. The summed E-state index contributed by atoms with van der Waals surface area (Å²) in [5, 5.41) is 16.9. The maximum atomic E-state index is 5.83. The zero-order valence-corrected chi connectivity index (χ0v) is 22.6. The third-order valence-corrected chi connectivity index (χ3v) is 5.76. The topological polar surface area (TPSA) is 99.1 Å². The molecule has 0 fully saturated rings. The quantitative estimate of drug-likeness (QED) is 0.0740.